The number of hydrogen-bond acceptors (Lipinski definition) is 6. The molecule has 0 unspecified atom stereocenters. The van der Waals surface area contributed by atoms with Gasteiger partial charge in [0.15, 0.2) is 0 Å². The van der Waals surface area contributed by atoms with Gasteiger partial charge in [-0.25, -0.2) is 4.39 Å². The topological polar surface area (TPSA) is 97.1 Å². The van der Waals surface area contributed by atoms with Gasteiger partial charge >= 0.3 is 0 Å². The molecule has 0 spiro atoms. The van der Waals surface area contributed by atoms with E-state index in [1.54, 1.807) is 0 Å². The van der Waals surface area contributed by atoms with Crippen molar-refractivity contribution < 1.29 is 18.4 Å². The summed E-state index contributed by atoms with van der Waals surface area (Å²) in [4.78, 5) is 23.8. The number of thioether (sulfide) groups is 1. The zero-order chi connectivity index (χ0) is 18.4. The molecule has 0 atom stereocenters. The quantitative estimate of drug-likeness (QED) is 0.613. The molecule has 3 rings (SSSR count). The molecule has 2 aromatic rings. The first-order chi connectivity index (χ1) is 12.6. The lowest BCUT2D eigenvalue weighted by Crippen LogP contribution is -2.45. The average molecular weight is 378 g/mol. The number of carbonyl (C=O) groups excluding carboxylic acids is 2. The van der Waals surface area contributed by atoms with E-state index in [1.165, 1.54) is 24.3 Å². The van der Waals surface area contributed by atoms with Gasteiger partial charge in [-0.1, -0.05) is 31.0 Å². The number of benzene rings is 1. The van der Waals surface area contributed by atoms with Crippen LogP contribution in [0.1, 0.15) is 32.1 Å². The van der Waals surface area contributed by atoms with Crippen LogP contribution < -0.4 is 10.9 Å². The molecule has 1 aliphatic carbocycles. The molecule has 0 bridgehead atoms. The highest BCUT2D eigenvalue weighted by molar-refractivity contribution is 7.99. The summed E-state index contributed by atoms with van der Waals surface area (Å²) in [5.74, 6) is -0.602. The SMILES string of the molecule is O=C(CSc1nnc(-c2ccc(F)cc2)o1)NNC(=O)C1CCCCC1. The molecule has 7 nitrogen and oxygen atoms in total. The van der Waals surface area contributed by atoms with Crippen molar-refractivity contribution in [1.82, 2.24) is 21.0 Å². The third-order valence-corrected chi connectivity index (χ3v) is 4.94. The minimum Gasteiger partial charge on any atom is -0.411 e. The molecule has 9 heteroatoms. The molecule has 2 N–H and O–H groups in total. The van der Waals surface area contributed by atoms with Gasteiger partial charge in [0.2, 0.25) is 17.7 Å². The van der Waals surface area contributed by atoms with Crippen LogP contribution in [0.15, 0.2) is 33.9 Å². The summed E-state index contributed by atoms with van der Waals surface area (Å²) in [6.07, 6.45) is 5.00. The Morgan fingerprint density at radius 1 is 1.12 bits per heavy atom. The molecule has 1 fully saturated rings. The van der Waals surface area contributed by atoms with Crippen molar-refractivity contribution in [1.29, 1.82) is 0 Å². The molecular formula is C17H19FN4O3S. The Bertz CT molecular complexity index is 760. The van der Waals surface area contributed by atoms with Crippen molar-refractivity contribution in [3.63, 3.8) is 0 Å². The lowest BCUT2D eigenvalue weighted by atomic mass is 9.89. The Balaban J connectivity index is 1.43. The molecule has 1 saturated carbocycles. The van der Waals surface area contributed by atoms with Gasteiger partial charge in [0.25, 0.3) is 5.22 Å². The van der Waals surface area contributed by atoms with Crippen molar-refractivity contribution in [3.05, 3.63) is 30.1 Å². The summed E-state index contributed by atoms with van der Waals surface area (Å²) in [6, 6.07) is 5.67. The van der Waals surface area contributed by atoms with Crippen LogP contribution in [0.2, 0.25) is 0 Å². The fourth-order valence-corrected chi connectivity index (χ4v) is 3.30. The zero-order valence-electron chi connectivity index (χ0n) is 14.0. The van der Waals surface area contributed by atoms with Crippen LogP contribution in [-0.2, 0) is 9.59 Å². The highest BCUT2D eigenvalue weighted by Crippen LogP contribution is 2.24. The molecule has 0 aliphatic heterocycles. The maximum absolute atomic E-state index is 12.9. The molecular weight excluding hydrogens is 359 g/mol. The van der Waals surface area contributed by atoms with Crippen LogP contribution in [0.5, 0.6) is 0 Å². The van der Waals surface area contributed by atoms with E-state index in [-0.39, 0.29) is 40.4 Å². The fourth-order valence-electron chi connectivity index (χ4n) is 2.74. The molecule has 2 amide bonds. The maximum atomic E-state index is 12.9. The average Bonchev–Trinajstić information content (AvgIpc) is 3.14. The Kier molecular flexibility index (Phi) is 6.21. The number of nitrogens with one attached hydrogen (secondary N) is 2. The van der Waals surface area contributed by atoms with Crippen LogP contribution >= 0.6 is 11.8 Å². The molecule has 1 heterocycles. The van der Waals surface area contributed by atoms with E-state index >= 15 is 0 Å². The Labute approximate surface area is 154 Å². The van der Waals surface area contributed by atoms with E-state index in [0.717, 1.165) is 43.9 Å². The molecule has 0 saturated heterocycles. The number of aromatic nitrogens is 2. The highest BCUT2D eigenvalue weighted by atomic mass is 32.2. The number of nitrogens with zero attached hydrogens (tertiary/aromatic N) is 2. The second kappa shape index (κ2) is 8.79. The van der Waals surface area contributed by atoms with E-state index in [9.17, 15) is 14.0 Å². The van der Waals surface area contributed by atoms with Gasteiger partial charge in [-0.2, -0.15) is 0 Å². The predicted molar refractivity (Wildman–Crippen MR) is 93.3 cm³/mol. The van der Waals surface area contributed by atoms with Gasteiger partial charge in [0, 0.05) is 11.5 Å². The number of amides is 2. The van der Waals surface area contributed by atoms with E-state index in [4.69, 9.17) is 4.42 Å². The summed E-state index contributed by atoms with van der Waals surface area (Å²) >= 11 is 1.06. The summed E-state index contributed by atoms with van der Waals surface area (Å²) in [5, 5.41) is 7.93. The first-order valence-corrected chi connectivity index (χ1v) is 9.41. The van der Waals surface area contributed by atoms with E-state index in [2.05, 4.69) is 21.0 Å². The largest absolute Gasteiger partial charge is 0.411 e. The van der Waals surface area contributed by atoms with Gasteiger partial charge in [-0.05, 0) is 37.1 Å². The van der Waals surface area contributed by atoms with Crippen molar-refractivity contribution in [3.8, 4) is 11.5 Å². The first kappa shape index (κ1) is 18.4. The van der Waals surface area contributed by atoms with E-state index in [0.29, 0.717) is 5.56 Å². The molecule has 0 radical (unpaired) electrons. The fraction of sp³-hybridized carbons (Fsp3) is 0.412. The lowest BCUT2D eigenvalue weighted by molar-refractivity contribution is -0.131. The van der Waals surface area contributed by atoms with Crippen molar-refractivity contribution in [2.24, 2.45) is 5.92 Å². The van der Waals surface area contributed by atoms with Crippen LogP contribution in [-0.4, -0.2) is 27.8 Å². The number of rotatable bonds is 5. The molecule has 138 valence electrons. The Morgan fingerprint density at radius 2 is 1.85 bits per heavy atom. The maximum Gasteiger partial charge on any atom is 0.277 e. The van der Waals surface area contributed by atoms with Crippen LogP contribution in [0.4, 0.5) is 4.39 Å². The second-order valence-corrected chi connectivity index (χ2v) is 6.97. The molecule has 1 aliphatic rings. The summed E-state index contributed by atoms with van der Waals surface area (Å²) in [6.45, 7) is 0. The Morgan fingerprint density at radius 3 is 2.58 bits per heavy atom. The zero-order valence-corrected chi connectivity index (χ0v) is 14.9. The Hall–Kier alpha value is -2.42. The molecule has 1 aromatic carbocycles. The van der Waals surface area contributed by atoms with Crippen LogP contribution in [0.3, 0.4) is 0 Å². The van der Waals surface area contributed by atoms with Gasteiger partial charge in [0.1, 0.15) is 5.82 Å². The summed E-state index contributed by atoms with van der Waals surface area (Å²) < 4.78 is 18.4. The third kappa shape index (κ3) is 5.04. The summed E-state index contributed by atoms with van der Waals surface area (Å²) in [5.41, 5.74) is 5.47. The van der Waals surface area contributed by atoms with Gasteiger partial charge in [-0.3, -0.25) is 20.4 Å². The van der Waals surface area contributed by atoms with Crippen molar-refractivity contribution in [2.75, 3.05) is 5.75 Å². The second-order valence-electron chi connectivity index (χ2n) is 6.04. The standard InChI is InChI=1S/C17H19FN4O3S/c18-13-8-6-12(7-9-13)16-21-22-17(25-16)26-10-14(23)19-20-15(24)11-4-2-1-3-5-11/h6-9,11H,1-5,10H2,(H,19,23)(H,20,24). The monoisotopic (exact) mass is 378 g/mol. The lowest BCUT2D eigenvalue weighted by Gasteiger charge is -2.20. The van der Waals surface area contributed by atoms with Gasteiger partial charge < -0.3 is 4.42 Å². The van der Waals surface area contributed by atoms with Gasteiger partial charge in [-0.15, -0.1) is 10.2 Å². The number of halogens is 1. The van der Waals surface area contributed by atoms with E-state index < -0.39 is 0 Å². The van der Waals surface area contributed by atoms with Crippen molar-refractivity contribution >= 4 is 23.6 Å². The smallest absolute Gasteiger partial charge is 0.277 e. The third-order valence-electron chi connectivity index (χ3n) is 4.13. The normalized spacial score (nSPS) is 14.8. The molecule has 26 heavy (non-hydrogen) atoms. The van der Waals surface area contributed by atoms with Gasteiger partial charge in [0.05, 0.1) is 5.75 Å². The van der Waals surface area contributed by atoms with Crippen LogP contribution in [0, 0.1) is 11.7 Å². The molecule has 1 aromatic heterocycles. The van der Waals surface area contributed by atoms with Crippen molar-refractivity contribution in [2.45, 2.75) is 37.3 Å². The van der Waals surface area contributed by atoms with E-state index in [1.807, 2.05) is 0 Å². The van der Waals surface area contributed by atoms with Crippen LogP contribution in [0.25, 0.3) is 11.5 Å². The minimum atomic E-state index is -0.360. The summed E-state index contributed by atoms with van der Waals surface area (Å²) in [7, 11) is 0. The highest BCUT2D eigenvalue weighted by Gasteiger charge is 2.21. The minimum absolute atomic E-state index is 0.0223. The number of hydrogen-bond donors (Lipinski definition) is 2. The number of carbonyl (C=O) groups is 2. The predicted octanol–water partition coefficient (Wildman–Crippen LogP) is 2.70. The number of hydrazine groups is 1. The first-order valence-electron chi connectivity index (χ1n) is 8.43.